The van der Waals surface area contributed by atoms with Gasteiger partial charge in [0.05, 0.1) is 0 Å². The Morgan fingerprint density at radius 2 is 2.05 bits per heavy atom. The Labute approximate surface area is 122 Å². The topological polar surface area (TPSA) is 46.3 Å². The molecule has 3 rings (SSSR count). The van der Waals surface area contributed by atoms with E-state index in [0.29, 0.717) is 12.2 Å². The van der Waals surface area contributed by atoms with Crippen LogP contribution in [-0.4, -0.2) is 18.4 Å². The maximum atomic E-state index is 12.9. The maximum absolute atomic E-state index is 12.9. The third kappa shape index (κ3) is 2.46. The van der Waals surface area contributed by atoms with Crippen LogP contribution in [0.15, 0.2) is 18.2 Å². The molecule has 0 unspecified atom stereocenters. The van der Waals surface area contributed by atoms with E-state index in [1.54, 1.807) is 11.0 Å². The molecule has 0 bridgehead atoms. The van der Waals surface area contributed by atoms with Crippen LogP contribution in [0.5, 0.6) is 0 Å². The smallest absolute Gasteiger partial charge is 0.249 e. The first-order valence-corrected chi connectivity index (χ1v) is 6.54. The van der Waals surface area contributed by atoms with Gasteiger partial charge in [0, 0.05) is 36.7 Å². The Bertz CT molecular complexity index is 528. The minimum atomic E-state index is -2.66. The van der Waals surface area contributed by atoms with Gasteiger partial charge >= 0.3 is 0 Å². The second-order valence-electron chi connectivity index (χ2n) is 5.40. The van der Waals surface area contributed by atoms with Crippen LogP contribution < -0.4 is 10.6 Å². The summed E-state index contributed by atoms with van der Waals surface area (Å²) >= 11 is 0. The fraction of sp³-hybridized carbons (Fsp3) is 0.500. The molecule has 0 aromatic heterocycles. The van der Waals surface area contributed by atoms with Crippen molar-refractivity contribution in [2.75, 3.05) is 17.2 Å². The first-order chi connectivity index (χ1) is 8.98. The molecule has 1 aliphatic carbocycles. The van der Waals surface area contributed by atoms with E-state index in [1.165, 1.54) is 0 Å². The Hall–Kier alpha value is -1.36. The van der Waals surface area contributed by atoms with E-state index < -0.39 is 11.8 Å². The lowest BCUT2D eigenvalue weighted by Crippen LogP contribution is -2.48. The molecule has 1 saturated carbocycles. The normalized spacial score (nSPS) is 20.6. The standard InChI is InChI=1S/C14H16F2N2O.ClH/c15-14(16)7-9(8-14)13(19)18-6-2-3-10-11(17)4-1-5-12(10)18;/h1,4-5,9H,2-3,6-8,17H2;1H. The van der Waals surface area contributed by atoms with Crippen molar-refractivity contribution in [2.45, 2.75) is 31.6 Å². The van der Waals surface area contributed by atoms with Gasteiger partial charge < -0.3 is 10.6 Å². The summed E-state index contributed by atoms with van der Waals surface area (Å²) in [5.41, 5.74) is 8.35. The van der Waals surface area contributed by atoms with Crippen molar-refractivity contribution in [3.63, 3.8) is 0 Å². The highest BCUT2D eigenvalue weighted by atomic mass is 35.5. The Balaban J connectivity index is 0.00000147. The van der Waals surface area contributed by atoms with E-state index in [1.807, 2.05) is 12.1 Å². The van der Waals surface area contributed by atoms with Gasteiger partial charge in [0.2, 0.25) is 11.8 Å². The highest BCUT2D eigenvalue weighted by Gasteiger charge is 2.50. The number of nitrogens with two attached hydrogens (primary N) is 1. The molecule has 1 aromatic rings. The third-order valence-electron chi connectivity index (χ3n) is 3.99. The van der Waals surface area contributed by atoms with Crippen molar-refractivity contribution in [1.29, 1.82) is 0 Å². The van der Waals surface area contributed by atoms with Crippen molar-refractivity contribution >= 4 is 29.7 Å². The van der Waals surface area contributed by atoms with Gasteiger partial charge in [-0.3, -0.25) is 4.79 Å². The lowest BCUT2D eigenvalue weighted by molar-refractivity contribution is -0.147. The number of fused-ring (bicyclic) bond motifs is 1. The number of halogens is 3. The molecule has 0 spiro atoms. The van der Waals surface area contributed by atoms with Crippen molar-refractivity contribution in [3.8, 4) is 0 Å². The van der Waals surface area contributed by atoms with Gasteiger partial charge in [0.1, 0.15) is 0 Å². The number of carbonyl (C=O) groups is 1. The number of alkyl halides is 2. The number of anilines is 2. The van der Waals surface area contributed by atoms with Crippen LogP contribution in [-0.2, 0) is 11.2 Å². The fourth-order valence-corrected chi connectivity index (χ4v) is 2.94. The van der Waals surface area contributed by atoms with E-state index in [4.69, 9.17) is 5.73 Å². The SMILES string of the molecule is Cl.Nc1cccc2c1CCCN2C(=O)C1CC(F)(F)C1. The van der Waals surface area contributed by atoms with Crippen LogP contribution in [0.4, 0.5) is 20.2 Å². The molecule has 1 amide bonds. The van der Waals surface area contributed by atoms with Gasteiger partial charge in [0.25, 0.3) is 0 Å². The minimum Gasteiger partial charge on any atom is -0.398 e. The first-order valence-electron chi connectivity index (χ1n) is 6.54. The summed E-state index contributed by atoms with van der Waals surface area (Å²) in [5.74, 6) is -3.38. The van der Waals surface area contributed by atoms with Crippen molar-refractivity contribution in [2.24, 2.45) is 5.92 Å². The van der Waals surface area contributed by atoms with Crippen molar-refractivity contribution < 1.29 is 13.6 Å². The molecule has 110 valence electrons. The molecule has 6 heteroatoms. The van der Waals surface area contributed by atoms with E-state index >= 15 is 0 Å². The van der Waals surface area contributed by atoms with E-state index in [0.717, 1.165) is 24.1 Å². The van der Waals surface area contributed by atoms with Gasteiger partial charge in [-0.25, -0.2) is 8.78 Å². The lowest BCUT2D eigenvalue weighted by atomic mass is 9.80. The predicted octanol–water partition coefficient (Wildman–Crippen LogP) is 3.02. The molecular formula is C14H17ClF2N2O. The Kier molecular flexibility index (Phi) is 3.91. The summed E-state index contributed by atoms with van der Waals surface area (Å²) in [6.45, 7) is 0.595. The molecule has 0 saturated heterocycles. The number of nitrogens with zero attached hydrogens (tertiary/aromatic N) is 1. The molecule has 1 aliphatic heterocycles. The number of hydrogen-bond donors (Lipinski definition) is 1. The number of hydrogen-bond acceptors (Lipinski definition) is 2. The lowest BCUT2D eigenvalue weighted by Gasteiger charge is -2.39. The van der Waals surface area contributed by atoms with Crippen LogP contribution in [0.1, 0.15) is 24.8 Å². The number of carbonyl (C=O) groups excluding carboxylic acids is 1. The van der Waals surface area contributed by atoms with Gasteiger partial charge in [-0.15, -0.1) is 12.4 Å². The monoisotopic (exact) mass is 302 g/mol. The Morgan fingerprint density at radius 3 is 2.70 bits per heavy atom. The molecule has 2 aliphatic rings. The molecule has 20 heavy (non-hydrogen) atoms. The highest BCUT2D eigenvalue weighted by Crippen LogP contribution is 2.44. The maximum Gasteiger partial charge on any atom is 0.249 e. The zero-order valence-corrected chi connectivity index (χ0v) is 11.8. The molecule has 0 atom stereocenters. The molecule has 1 aromatic carbocycles. The quantitative estimate of drug-likeness (QED) is 0.811. The van der Waals surface area contributed by atoms with Crippen LogP contribution in [0, 0.1) is 5.92 Å². The molecule has 1 heterocycles. The largest absolute Gasteiger partial charge is 0.398 e. The van der Waals surface area contributed by atoms with Gasteiger partial charge in [-0.1, -0.05) is 6.07 Å². The summed E-state index contributed by atoms with van der Waals surface area (Å²) in [6, 6.07) is 5.46. The van der Waals surface area contributed by atoms with Gasteiger partial charge in [0.15, 0.2) is 0 Å². The van der Waals surface area contributed by atoms with E-state index in [2.05, 4.69) is 0 Å². The van der Waals surface area contributed by atoms with Crippen LogP contribution in [0.25, 0.3) is 0 Å². The summed E-state index contributed by atoms with van der Waals surface area (Å²) in [4.78, 5) is 13.9. The Morgan fingerprint density at radius 1 is 1.35 bits per heavy atom. The zero-order valence-electron chi connectivity index (χ0n) is 10.9. The van der Waals surface area contributed by atoms with Crippen LogP contribution in [0.3, 0.4) is 0 Å². The average Bonchev–Trinajstić information content (AvgIpc) is 2.35. The van der Waals surface area contributed by atoms with E-state index in [-0.39, 0.29) is 31.2 Å². The second kappa shape index (κ2) is 5.20. The number of benzene rings is 1. The highest BCUT2D eigenvalue weighted by molar-refractivity contribution is 5.97. The molecule has 2 N–H and O–H groups in total. The second-order valence-corrected chi connectivity index (χ2v) is 5.40. The first kappa shape index (κ1) is 15.0. The summed E-state index contributed by atoms with van der Waals surface area (Å²) in [5, 5.41) is 0. The number of rotatable bonds is 1. The molecular weight excluding hydrogens is 286 g/mol. The summed E-state index contributed by atoms with van der Waals surface area (Å²) < 4.78 is 25.8. The zero-order chi connectivity index (χ0) is 13.6. The van der Waals surface area contributed by atoms with E-state index in [9.17, 15) is 13.6 Å². The molecule has 0 radical (unpaired) electrons. The third-order valence-corrected chi connectivity index (χ3v) is 3.99. The minimum absolute atomic E-state index is 0. The van der Waals surface area contributed by atoms with Crippen molar-refractivity contribution in [3.05, 3.63) is 23.8 Å². The summed E-state index contributed by atoms with van der Waals surface area (Å²) in [7, 11) is 0. The average molecular weight is 303 g/mol. The van der Waals surface area contributed by atoms with Crippen molar-refractivity contribution in [1.82, 2.24) is 0 Å². The van der Waals surface area contributed by atoms with Crippen LogP contribution >= 0.6 is 12.4 Å². The fourth-order valence-electron chi connectivity index (χ4n) is 2.94. The molecule has 1 fully saturated rings. The molecule has 3 nitrogen and oxygen atoms in total. The van der Waals surface area contributed by atoms with Gasteiger partial charge in [-0.2, -0.15) is 0 Å². The number of nitrogen functional groups attached to an aromatic ring is 1. The van der Waals surface area contributed by atoms with Crippen LogP contribution in [0.2, 0.25) is 0 Å². The predicted molar refractivity (Wildman–Crippen MR) is 76.4 cm³/mol. The van der Waals surface area contributed by atoms with Gasteiger partial charge in [-0.05, 0) is 30.5 Å². The number of amides is 1. The summed E-state index contributed by atoms with van der Waals surface area (Å²) in [6.07, 6.45) is 1.03.